The van der Waals surface area contributed by atoms with Gasteiger partial charge in [-0.15, -0.1) is 0 Å². The van der Waals surface area contributed by atoms with Crippen molar-refractivity contribution < 1.29 is 9.59 Å². The van der Waals surface area contributed by atoms with E-state index in [1.165, 1.54) is 5.69 Å². The molecule has 0 spiro atoms. The number of benzene rings is 2. The van der Waals surface area contributed by atoms with Crippen LogP contribution in [0.1, 0.15) is 17.5 Å². The summed E-state index contributed by atoms with van der Waals surface area (Å²) in [5, 5.41) is 6.19. The van der Waals surface area contributed by atoms with Crippen molar-refractivity contribution in [2.45, 2.75) is 20.3 Å². The molecule has 2 amide bonds. The number of hydrogen-bond donors (Lipinski definition) is 2. The summed E-state index contributed by atoms with van der Waals surface area (Å²) in [5.74, 6) is -1.21. The van der Waals surface area contributed by atoms with E-state index in [2.05, 4.69) is 32.6 Å². The van der Waals surface area contributed by atoms with Crippen LogP contribution in [0.25, 0.3) is 0 Å². The van der Waals surface area contributed by atoms with Crippen molar-refractivity contribution in [3.63, 3.8) is 0 Å². The van der Waals surface area contributed by atoms with Crippen LogP contribution in [0.15, 0.2) is 42.5 Å². The molecule has 1 aliphatic heterocycles. The number of nitrogens with zero attached hydrogens (tertiary/aromatic N) is 2. The van der Waals surface area contributed by atoms with Crippen LogP contribution >= 0.6 is 11.6 Å². The number of halogens is 1. The number of nitrogens with one attached hydrogen (secondary N) is 2. The molecule has 0 radical (unpaired) electrons. The third-order valence-electron chi connectivity index (χ3n) is 5.43. The van der Waals surface area contributed by atoms with Crippen molar-refractivity contribution in [2.75, 3.05) is 49.5 Å². The molecule has 30 heavy (non-hydrogen) atoms. The summed E-state index contributed by atoms with van der Waals surface area (Å²) >= 11 is 5.96. The van der Waals surface area contributed by atoms with Crippen molar-refractivity contribution in [1.29, 1.82) is 0 Å². The van der Waals surface area contributed by atoms with Crippen LogP contribution in [0.4, 0.5) is 11.4 Å². The molecule has 1 aliphatic rings. The lowest BCUT2D eigenvalue weighted by Gasteiger charge is -2.36. The first kappa shape index (κ1) is 22.1. The SMILES string of the molecule is Cc1cccc(C)c1NC(=O)C(=O)NCCCN1CCN(c2ccc(Cl)cc2)CC1. The lowest BCUT2D eigenvalue weighted by molar-refractivity contribution is -0.136. The molecule has 6 nitrogen and oxygen atoms in total. The standard InChI is InChI=1S/C23H29ClN4O2/c1-17-5-3-6-18(2)21(17)26-23(30)22(29)25-11-4-12-27-13-15-28(16-14-27)20-9-7-19(24)8-10-20/h3,5-10H,4,11-16H2,1-2H3,(H,25,29)(H,26,30). The Hall–Kier alpha value is -2.57. The Morgan fingerprint density at radius 1 is 0.933 bits per heavy atom. The maximum atomic E-state index is 12.2. The zero-order valence-electron chi connectivity index (χ0n) is 17.6. The van der Waals surface area contributed by atoms with Gasteiger partial charge in [-0.3, -0.25) is 14.5 Å². The van der Waals surface area contributed by atoms with Gasteiger partial charge in [0.15, 0.2) is 0 Å². The fraction of sp³-hybridized carbons (Fsp3) is 0.391. The van der Waals surface area contributed by atoms with Crippen LogP contribution in [0, 0.1) is 13.8 Å². The van der Waals surface area contributed by atoms with E-state index in [-0.39, 0.29) is 0 Å². The number of anilines is 2. The van der Waals surface area contributed by atoms with Crippen molar-refractivity contribution in [1.82, 2.24) is 10.2 Å². The molecule has 2 aromatic rings. The quantitative estimate of drug-likeness (QED) is 0.547. The Balaban J connectivity index is 1.34. The van der Waals surface area contributed by atoms with Crippen LogP contribution in [0.3, 0.4) is 0 Å². The molecule has 7 heteroatoms. The number of para-hydroxylation sites is 1. The molecule has 0 atom stereocenters. The van der Waals surface area contributed by atoms with Gasteiger partial charge in [0.25, 0.3) is 0 Å². The molecule has 0 aliphatic carbocycles. The lowest BCUT2D eigenvalue weighted by Crippen LogP contribution is -2.47. The zero-order valence-corrected chi connectivity index (χ0v) is 18.3. The highest BCUT2D eigenvalue weighted by molar-refractivity contribution is 6.39. The Morgan fingerprint density at radius 2 is 1.57 bits per heavy atom. The van der Waals surface area contributed by atoms with Crippen LogP contribution < -0.4 is 15.5 Å². The predicted molar refractivity (Wildman–Crippen MR) is 122 cm³/mol. The van der Waals surface area contributed by atoms with Crippen molar-refractivity contribution in [3.05, 3.63) is 58.6 Å². The van der Waals surface area contributed by atoms with E-state index in [0.717, 1.165) is 55.3 Å². The van der Waals surface area contributed by atoms with Gasteiger partial charge >= 0.3 is 11.8 Å². The molecule has 0 saturated carbocycles. The molecule has 1 saturated heterocycles. The Morgan fingerprint density at radius 3 is 2.20 bits per heavy atom. The van der Waals surface area contributed by atoms with E-state index < -0.39 is 11.8 Å². The minimum Gasteiger partial charge on any atom is -0.369 e. The monoisotopic (exact) mass is 428 g/mol. The molecule has 1 fully saturated rings. The first-order valence-electron chi connectivity index (χ1n) is 10.3. The largest absolute Gasteiger partial charge is 0.369 e. The van der Waals surface area contributed by atoms with Gasteiger partial charge < -0.3 is 15.5 Å². The Bertz CT molecular complexity index is 857. The minimum atomic E-state index is -0.621. The van der Waals surface area contributed by atoms with Gasteiger partial charge in [-0.1, -0.05) is 29.8 Å². The normalized spacial score (nSPS) is 14.4. The van der Waals surface area contributed by atoms with Crippen molar-refractivity contribution >= 4 is 34.8 Å². The van der Waals surface area contributed by atoms with Crippen LogP contribution in [-0.4, -0.2) is 56.0 Å². The summed E-state index contributed by atoms with van der Waals surface area (Å²) < 4.78 is 0. The van der Waals surface area contributed by atoms with E-state index >= 15 is 0 Å². The Labute approximate surface area is 183 Å². The van der Waals surface area contributed by atoms with Crippen LogP contribution in [0.5, 0.6) is 0 Å². The number of carbonyl (C=O) groups is 2. The zero-order chi connectivity index (χ0) is 21.5. The fourth-order valence-electron chi connectivity index (χ4n) is 3.65. The molecular weight excluding hydrogens is 400 g/mol. The van der Waals surface area contributed by atoms with E-state index in [4.69, 9.17) is 11.6 Å². The van der Waals surface area contributed by atoms with Crippen molar-refractivity contribution in [3.8, 4) is 0 Å². The number of rotatable bonds is 6. The number of amides is 2. The van der Waals surface area contributed by atoms with E-state index in [1.54, 1.807) is 0 Å². The van der Waals surface area contributed by atoms with Gasteiger partial charge in [-0.25, -0.2) is 0 Å². The van der Waals surface area contributed by atoms with Gasteiger partial charge in [0.1, 0.15) is 0 Å². The first-order valence-corrected chi connectivity index (χ1v) is 10.7. The number of piperazine rings is 1. The summed E-state index contributed by atoms with van der Waals surface area (Å²) in [6.07, 6.45) is 0.809. The smallest absolute Gasteiger partial charge is 0.313 e. The van der Waals surface area contributed by atoms with E-state index in [1.807, 2.05) is 44.2 Å². The van der Waals surface area contributed by atoms with Gasteiger partial charge in [0.2, 0.25) is 0 Å². The average molecular weight is 429 g/mol. The summed E-state index contributed by atoms with van der Waals surface area (Å²) in [6, 6.07) is 13.7. The third kappa shape index (κ3) is 5.97. The number of aryl methyl sites for hydroxylation is 2. The van der Waals surface area contributed by atoms with Gasteiger partial charge in [-0.05, 0) is 62.2 Å². The molecule has 160 valence electrons. The number of hydrogen-bond acceptors (Lipinski definition) is 4. The minimum absolute atomic E-state index is 0.483. The molecule has 0 bridgehead atoms. The summed E-state index contributed by atoms with van der Waals surface area (Å²) in [5.41, 5.74) is 3.78. The van der Waals surface area contributed by atoms with Crippen LogP contribution in [-0.2, 0) is 9.59 Å². The topological polar surface area (TPSA) is 64.7 Å². The second-order valence-electron chi connectivity index (χ2n) is 7.64. The molecular formula is C23H29ClN4O2. The second kappa shape index (κ2) is 10.5. The highest BCUT2D eigenvalue weighted by atomic mass is 35.5. The van der Waals surface area contributed by atoms with Gasteiger partial charge in [0.05, 0.1) is 0 Å². The molecule has 0 unspecified atom stereocenters. The molecule has 0 aromatic heterocycles. The molecule has 1 heterocycles. The van der Waals surface area contributed by atoms with E-state index in [9.17, 15) is 9.59 Å². The Kier molecular flexibility index (Phi) is 7.71. The van der Waals surface area contributed by atoms with Crippen molar-refractivity contribution in [2.24, 2.45) is 0 Å². The third-order valence-corrected chi connectivity index (χ3v) is 5.68. The second-order valence-corrected chi connectivity index (χ2v) is 8.07. The lowest BCUT2D eigenvalue weighted by atomic mass is 10.1. The maximum absolute atomic E-state index is 12.2. The van der Waals surface area contributed by atoms with E-state index in [0.29, 0.717) is 12.2 Å². The van der Waals surface area contributed by atoms with Gasteiger partial charge in [0, 0.05) is 49.1 Å². The molecule has 2 aromatic carbocycles. The maximum Gasteiger partial charge on any atom is 0.313 e. The molecule has 2 N–H and O–H groups in total. The highest BCUT2D eigenvalue weighted by Gasteiger charge is 2.18. The first-order chi connectivity index (χ1) is 14.4. The highest BCUT2D eigenvalue weighted by Crippen LogP contribution is 2.20. The fourth-order valence-corrected chi connectivity index (χ4v) is 3.77. The number of carbonyl (C=O) groups excluding carboxylic acids is 2. The summed E-state index contributed by atoms with van der Waals surface area (Å²) in [4.78, 5) is 29.0. The summed E-state index contributed by atoms with van der Waals surface area (Å²) in [6.45, 7) is 9.08. The van der Waals surface area contributed by atoms with Crippen LogP contribution in [0.2, 0.25) is 5.02 Å². The summed E-state index contributed by atoms with van der Waals surface area (Å²) in [7, 11) is 0. The predicted octanol–water partition coefficient (Wildman–Crippen LogP) is 3.22. The van der Waals surface area contributed by atoms with Gasteiger partial charge in [-0.2, -0.15) is 0 Å². The molecule has 3 rings (SSSR count). The average Bonchev–Trinajstić information content (AvgIpc) is 2.74.